The predicted octanol–water partition coefficient (Wildman–Crippen LogP) is 9.39. The highest BCUT2D eigenvalue weighted by Crippen LogP contribution is 2.54. The summed E-state index contributed by atoms with van der Waals surface area (Å²) in [6.45, 7) is 1.06. The number of amides is 1. The molecular formula is C43H39Cl2F3N6O2. The van der Waals surface area contributed by atoms with Crippen molar-refractivity contribution in [2.24, 2.45) is 17.8 Å². The maximum atomic E-state index is 17.3. The van der Waals surface area contributed by atoms with Crippen molar-refractivity contribution in [3.63, 3.8) is 0 Å². The largest absolute Gasteiger partial charge is 0.435 e. The number of nitrogens with zero attached hydrogens (tertiary/aromatic N) is 5. The molecule has 13 heteroatoms. The minimum absolute atomic E-state index is 0.00907. The Hall–Kier alpha value is -4.50. The third kappa shape index (κ3) is 5.65. The molecule has 4 saturated heterocycles. The number of hydrogen-bond acceptors (Lipinski definition) is 6. The van der Waals surface area contributed by atoms with Gasteiger partial charge in [-0.05, 0) is 80.8 Å². The van der Waals surface area contributed by atoms with E-state index < -0.39 is 12.4 Å². The molecular weight excluding hydrogens is 760 g/mol. The molecule has 0 radical (unpaired) electrons. The molecule has 6 heterocycles. The zero-order valence-electron chi connectivity index (χ0n) is 30.6. The number of anilines is 1. The van der Waals surface area contributed by atoms with Crippen molar-refractivity contribution < 1.29 is 22.7 Å². The van der Waals surface area contributed by atoms with Crippen LogP contribution in [0.2, 0.25) is 10.0 Å². The van der Waals surface area contributed by atoms with Gasteiger partial charge in [-0.25, -0.2) is 9.37 Å². The van der Waals surface area contributed by atoms with E-state index in [-0.39, 0.29) is 64.6 Å². The third-order valence-corrected chi connectivity index (χ3v) is 13.7. The number of nitrogens with one attached hydrogen (secondary N) is 1. The van der Waals surface area contributed by atoms with Gasteiger partial charge < -0.3 is 24.4 Å². The number of alkyl halides is 2. The van der Waals surface area contributed by atoms with Crippen molar-refractivity contribution >= 4 is 56.6 Å². The molecule has 1 amide bonds. The molecule has 2 saturated carbocycles. The topological polar surface area (TPSA) is 86.4 Å². The molecule has 3 aromatic carbocycles. The van der Waals surface area contributed by atoms with Crippen LogP contribution in [0.25, 0.3) is 32.9 Å². The average Bonchev–Trinajstić information content (AvgIpc) is 3.46. The second-order valence-corrected chi connectivity index (χ2v) is 17.0. The molecule has 6 atom stereocenters. The summed E-state index contributed by atoms with van der Waals surface area (Å²) in [6.07, 6.45) is 4.07. The number of rotatable bonds is 9. The Labute approximate surface area is 332 Å². The number of aromatic nitrogens is 2. The second-order valence-electron chi connectivity index (χ2n) is 16.2. The molecule has 11 rings (SSSR count). The summed E-state index contributed by atoms with van der Waals surface area (Å²) in [6, 6.07) is 18.4. The predicted molar refractivity (Wildman–Crippen MR) is 210 cm³/mol. The number of piperidine rings is 1. The Morgan fingerprint density at radius 3 is 2.62 bits per heavy atom. The fourth-order valence-corrected chi connectivity index (χ4v) is 10.8. The van der Waals surface area contributed by atoms with Gasteiger partial charge in [0.2, 0.25) is 5.91 Å². The van der Waals surface area contributed by atoms with Crippen molar-refractivity contribution in [2.75, 3.05) is 24.5 Å². The number of hydrogen-bond donors (Lipinski definition) is 1. The van der Waals surface area contributed by atoms with Crippen LogP contribution in [0.1, 0.15) is 61.1 Å². The molecule has 1 N–H and O–H groups in total. The van der Waals surface area contributed by atoms with E-state index >= 15 is 4.39 Å². The number of halogens is 5. The lowest BCUT2D eigenvalue weighted by Gasteiger charge is -2.40. The molecule has 6 aliphatic rings. The highest BCUT2D eigenvalue weighted by Gasteiger charge is 2.55. The van der Waals surface area contributed by atoms with Crippen molar-refractivity contribution in [1.29, 1.82) is 5.26 Å². The number of carbonyl (C=O) groups is 1. The van der Waals surface area contributed by atoms with Crippen LogP contribution in [-0.4, -0.2) is 58.7 Å². The zero-order chi connectivity index (χ0) is 38.6. The maximum Gasteiger partial charge on any atom is 0.387 e. The SMILES string of the molecule is Cc1nc2c(F)c(-c3cccc(Cl)c3Cl)c(CCC#N)cc2c2c1cc(C1C3CC(CN(c4cccc(OC(F)F)c4)C3)N1C(=O)C1CC1)n2C1C2CNC1C2. The van der Waals surface area contributed by atoms with Gasteiger partial charge >= 0.3 is 6.61 Å². The summed E-state index contributed by atoms with van der Waals surface area (Å²) in [5.74, 6) is 0.160. The smallest absolute Gasteiger partial charge is 0.387 e. The lowest BCUT2D eigenvalue weighted by molar-refractivity contribution is -0.135. The minimum Gasteiger partial charge on any atom is -0.435 e. The Morgan fingerprint density at radius 1 is 1.07 bits per heavy atom. The Morgan fingerprint density at radius 2 is 1.89 bits per heavy atom. The standard InChI is InChI=1S/C43H39Cl2F3N6O2/c1-21-30-17-34(40-25-13-27(53(40)42(55)22-10-11-22)20-52(19-25)26-6-2-7-28(16-26)56-43(47)48)54(39-24-15-33(39)50-18-24)41(30)31-14-23(5-4-12-49)35(37(46)38(31)51-21)29-8-3-9-32(44)36(29)45/h2-3,6-9,14,16-17,22,24-25,27,33,39-40,43,50H,4-5,10-11,13,15,18-20H2,1H3. The van der Waals surface area contributed by atoms with E-state index in [0.717, 1.165) is 54.5 Å². The van der Waals surface area contributed by atoms with Gasteiger partial charge in [-0.15, -0.1) is 0 Å². The van der Waals surface area contributed by atoms with Gasteiger partial charge in [0, 0.05) is 89.0 Å². The summed E-state index contributed by atoms with van der Waals surface area (Å²) < 4.78 is 50.9. The molecule has 2 aliphatic carbocycles. The Kier molecular flexibility index (Phi) is 8.69. The Balaban J connectivity index is 1.18. The zero-order valence-corrected chi connectivity index (χ0v) is 32.1. The molecule has 6 unspecified atom stereocenters. The van der Waals surface area contributed by atoms with E-state index in [4.69, 9.17) is 32.9 Å². The summed E-state index contributed by atoms with van der Waals surface area (Å²) in [5.41, 5.74) is 4.99. The monoisotopic (exact) mass is 798 g/mol. The highest BCUT2D eigenvalue weighted by molar-refractivity contribution is 6.43. The molecule has 4 bridgehead atoms. The lowest BCUT2D eigenvalue weighted by Crippen LogP contribution is -2.45. The van der Waals surface area contributed by atoms with Crippen LogP contribution < -0.4 is 15.0 Å². The summed E-state index contributed by atoms with van der Waals surface area (Å²) in [7, 11) is 0. The molecule has 2 aromatic heterocycles. The van der Waals surface area contributed by atoms with E-state index in [1.807, 2.05) is 19.1 Å². The number of carbonyl (C=O) groups excluding carboxylic acids is 1. The highest BCUT2D eigenvalue weighted by atomic mass is 35.5. The molecule has 56 heavy (non-hydrogen) atoms. The van der Waals surface area contributed by atoms with Crippen LogP contribution >= 0.6 is 23.2 Å². The number of nitriles is 1. The fraction of sp³-hybridized carbons (Fsp3) is 0.419. The van der Waals surface area contributed by atoms with Gasteiger partial charge in [-0.3, -0.25) is 4.79 Å². The Bertz CT molecular complexity index is 2470. The quantitative estimate of drug-likeness (QED) is 0.160. The van der Waals surface area contributed by atoms with Crippen LogP contribution in [-0.2, 0) is 11.2 Å². The van der Waals surface area contributed by atoms with Crippen molar-refractivity contribution in [2.45, 2.75) is 76.2 Å². The van der Waals surface area contributed by atoms with Crippen molar-refractivity contribution in [3.05, 3.63) is 87.4 Å². The van der Waals surface area contributed by atoms with Crippen LogP contribution in [0, 0.1) is 41.8 Å². The normalized spacial score (nSPS) is 25.3. The fourth-order valence-electron chi connectivity index (χ4n) is 10.4. The van der Waals surface area contributed by atoms with E-state index in [1.54, 1.807) is 30.3 Å². The van der Waals surface area contributed by atoms with Gasteiger partial charge in [-0.2, -0.15) is 14.0 Å². The second kappa shape index (κ2) is 13.6. The number of benzene rings is 3. The molecule has 288 valence electrons. The van der Waals surface area contributed by atoms with Crippen molar-refractivity contribution in [1.82, 2.24) is 19.8 Å². The van der Waals surface area contributed by atoms with E-state index in [1.165, 1.54) is 6.07 Å². The number of pyridine rings is 1. The van der Waals surface area contributed by atoms with Crippen LogP contribution in [0.3, 0.4) is 0 Å². The summed E-state index contributed by atoms with van der Waals surface area (Å²) in [5, 5.41) is 15.5. The van der Waals surface area contributed by atoms with Gasteiger partial charge in [0.15, 0.2) is 5.82 Å². The van der Waals surface area contributed by atoms with E-state index in [9.17, 15) is 18.8 Å². The number of likely N-dealkylation sites (tertiary alicyclic amines) is 1. The first-order chi connectivity index (χ1) is 27.1. The third-order valence-electron chi connectivity index (χ3n) is 12.9. The van der Waals surface area contributed by atoms with Gasteiger partial charge in [0.25, 0.3) is 0 Å². The average molecular weight is 800 g/mol. The maximum absolute atomic E-state index is 17.3. The number of aryl methyl sites for hydroxylation is 2. The molecule has 0 spiro atoms. The van der Waals surface area contributed by atoms with Gasteiger partial charge in [0.05, 0.1) is 39.8 Å². The van der Waals surface area contributed by atoms with Gasteiger partial charge in [0.1, 0.15) is 11.3 Å². The van der Waals surface area contributed by atoms with Gasteiger partial charge in [-0.1, -0.05) is 41.4 Å². The molecule has 5 aromatic rings. The molecule has 4 aliphatic heterocycles. The first-order valence-corrected chi connectivity index (χ1v) is 20.2. The van der Waals surface area contributed by atoms with Crippen LogP contribution in [0.5, 0.6) is 5.75 Å². The summed E-state index contributed by atoms with van der Waals surface area (Å²) in [4.78, 5) is 23.7. The van der Waals surface area contributed by atoms with Crippen LogP contribution in [0.4, 0.5) is 18.9 Å². The lowest BCUT2D eigenvalue weighted by atomic mass is 9.79. The van der Waals surface area contributed by atoms with Crippen LogP contribution in [0.15, 0.2) is 54.6 Å². The minimum atomic E-state index is -2.93. The molecule has 6 fully saturated rings. The summed E-state index contributed by atoms with van der Waals surface area (Å²) >= 11 is 13.2. The van der Waals surface area contributed by atoms with E-state index in [2.05, 4.69) is 31.8 Å². The first-order valence-electron chi connectivity index (χ1n) is 19.4. The molecule has 8 nitrogen and oxygen atoms in total. The van der Waals surface area contributed by atoms with E-state index in [0.29, 0.717) is 58.2 Å². The number of ether oxygens (including phenoxy) is 1. The first kappa shape index (κ1) is 35.9. The van der Waals surface area contributed by atoms with Crippen molar-refractivity contribution in [3.8, 4) is 22.9 Å². The number of fused-ring (bicyclic) bond motifs is 6.